The molecule has 0 spiro atoms. The molecule has 0 atom stereocenters. The number of thioether (sulfide) groups is 2. The van der Waals surface area contributed by atoms with Gasteiger partial charge >= 0.3 is 0 Å². The highest BCUT2D eigenvalue weighted by Crippen LogP contribution is 2.33. The van der Waals surface area contributed by atoms with E-state index in [0.29, 0.717) is 69.8 Å². The van der Waals surface area contributed by atoms with Gasteiger partial charge in [-0.15, -0.1) is 37.5 Å². The Morgan fingerprint density at radius 1 is 0.606 bits per heavy atom. The third kappa shape index (κ3) is 11.0. The summed E-state index contributed by atoms with van der Waals surface area (Å²) in [6.07, 6.45) is 3.01. The van der Waals surface area contributed by atoms with Gasteiger partial charge in [-0.1, -0.05) is 89.3 Å². The van der Waals surface area contributed by atoms with Crippen molar-refractivity contribution in [1.29, 1.82) is 0 Å². The van der Waals surface area contributed by atoms with Gasteiger partial charge < -0.3 is 0 Å². The number of benzene rings is 4. The van der Waals surface area contributed by atoms with E-state index in [-0.39, 0.29) is 22.3 Å². The maximum Gasteiger partial charge on any atom is 0.232 e. The average Bonchev–Trinajstić information content (AvgIpc) is 4.17. The van der Waals surface area contributed by atoms with Gasteiger partial charge in [0.1, 0.15) is 0 Å². The molecular weight excluding hydrogens is 1010 g/mol. The second-order valence-electron chi connectivity index (χ2n) is 19.0. The van der Waals surface area contributed by atoms with Gasteiger partial charge in [0.25, 0.3) is 0 Å². The van der Waals surface area contributed by atoms with E-state index in [1.807, 2.05) is 48.5 Å². The molecule has 16 nitrogen and oxygen atoms in total. The molecule has 0 fully saturated rings. The van der Waals surface area contributed by atoms with Crippen molar-refractivity contribution in [3.8, 4) is 22.8 Å². The molecule has 0 saturated carbocycles. The van der Waals surface area contributed by atoms with Crippen LogP contribution in [0.2, 0.25) is 0 Å². The van der Waals surface area contributed by atoms with Gasteiger partial charge in [0.15, 0.2) is 31.6 Å². The average molecular weight is 1060 g/mol. The predicted molar refractivity (Wildman–Crippen MR) is 290 cm³/mol. The first-order valence-corrected chi connectivity index (χ1v) is 29.7. The summed E-state index contributed by atoms with van der Waals surface area (Å²) >= 11 is 6.37. The van der Waals surface area contributed by atoms with E-state index in [4.69, 9.17) is 25.3 Å². The standard InChI is InChI=1S/C49H50N12O4S6/c1-48(2,3)40-34(44-52-42(56-60(44)54-40)30-17-21-32(22-18-30)58-70(62,63)27-11-25-66-46-50-36-13-7-9-15-38(36)68-46)29-35-41(49(4,5)6)55-61-45(35)53-43(57-61)31-19-23-33(24-20-31)59-71(64,65)28-12-26-67-47-51-37-14-8-10-16-39(37)69-47/h7-10,13-24,29,54,58-59H,11-12,25-28H2,1-6H3. The minimum atomic E-state index is -3.59. The molecule has 0 radical (unpaired) electrons. The fourth-order valence-electron chi connectivity index (χ4n) is 7.90. The normalized spacial score (nSPS) is 13.1. The number of para-hydroxylation sites is 2. The largest absolute Gasteiger partial charge is 0.284 e. The van der Waals surface area contributed by atoms with Crippen LogP contribution in [0.5, 0.6) is 0 Å². The second-order valence-corrected chi connectivity index (χ2v) is 27.5. The highest BCUT2D eigenvalue weighted by atomic mass is 32.2. The van der Waals surface area contributed by atoms with Crippen LogP contribution in [0.25, 0.3) is 60.6 Å². The molecule has 0 amide bonds. The number of H-pyrrole nitrogens is 1. The number of rotatable bonds is 17. The van der Waals surface area contributed by atoms with Crippen molar-refractivity contribution in [3.63, 3.8) is 0 Å². The maximum absolute atomic E-state index is 13.0. The molecule has 3 N–H and O–H groups in total. The van der Waals surface area contributed by atoms with Gasteiger partial charge in [-0.3, -0.25) is 14.5 Å². The highest BCUT2D eigenvalue weighted by molar-refractivity contribution is 8.01. The van der Waals surface area contributed by atoms with Crippen molar-refractivity contribution in [2.75, 3.05) is 32.5 Å². The van der Waals surface area contributed by atoms with Crippen LogP contribution >= 0.6 is 46.2 Å². The summed E-state index contributed by atoms with van der Waals surface area (Å²) in [7, 11) is -7.17. The minimum Gasteiger partial charge on any atom is -0.284 e. The van der Waals surface area contributed by atoms with E-state index in [1.54, 1.807) is 104 Å². The summed E-state index contributed by atoms with van der Waals surface area (Å²) in [6.45, 7) is 12.6. The lowest BCUT2D eigenvalue weighted by Gasteiger charge is -2.18. The number of hydrogen-bond acceptors (Lipinski definition) is 15. The van der Waals surface area contributed by atoms with Crippen LogP contribution < -0.4 is 14.7 Å². The van der Waals surface area contributed by atoms with Crippen molar-refractivity contribution in [2.24, 2.45) is 0 Å². The van der Waals surface area contributed by atoms with Crippen LogP contribution in [-0.4, -0.2) is 89.4 Å². The van der Waals surface area contributed by atoms with Crippen LogP contribution in [-0.2, 0) is 30.9 Å². The van der Waals surface area contributed by atoms with E-state index in [1.165, 1.54) is 0 Å². The fourth-order valence-corrected chi connectivity index (χ4v) is 14.7. The van der Waals surface area contributed by atoms with Gasteiger partial charge in [0.2, 0.25) is 20.0 Å². The number of aromatic amines is 1. The molecule has 0 aliphatic rings. The number of nitrogens with one attached hydrogen (secondary N) is 3. The SMILES string of the molecule is CC(C)(C)c1[nH]n2nc(-c3ccc(NS(=O)(=O)CCCSc4nc5ccccc5s4)cc3)nc2c1C=c1c(C(C)(C)C)nn2nc(-c3ccc(NS(=O)(=O)CCCSc4nc5ccccc5s4)cc3)nc12. The molecule has 0 unspecified atom stereocenters. The number of nitrogens with zero attached hydrogens (tertiary/aromatic N) is 9. The van der Waals surface area contributed by atoms with E-state index < -0.39 is 20.0 Å². The Morgan fingerprint density at radius 2 is 1.10 bits per heavy atom. The molecule has 71 heavy (non-hydrogen) atoms. The third-order valence-corrected chi connectivity index (χ3v) is 18.6. The topological polar surface area (TPSA) is 207 Å². The number of hydrogen-bond donors (Lipinski definition) is 3. The zero-order valence-corrected chi connectivity index (χ0v) is 44.6. The first-order valence-electron chi connectivity index (χ1n) is 22.8. The number of sulfonamides is 2. The molecule has 366 valence electrons. The molecule has 6 heterocycles. The maximum atomic E-state index is 13.0. The Morgan fingerprint density at radius 3 is 1.59 bits per heavy atom. The Labute approximate surface area is 427 Å². The van der Waals surface area contributed by atoms with Crippen molar-refractivity contribution in [3.05, 3.63) is 119 Å². The van der Waals surface area contributed by atoms with Crippen molar-refractivity contribution in [1.82, 2.24) is 49.6 Å². The lowest BCUT2D eigenvalue weighted by Crippen LogP contribution is -2.22. The minimum absolute atomic E-state index is 0.0129. The first kappa shape index (κ1) is 48.7. The number of aromatic nitrogens is 10. The Hall–Kier alpha value is -5.91. The Bertz CT molecular complexity index is 3780. The highest BCUT2D eigenvalue weighted by Gasteiger charge is 2.28. The summed E-state index contributed by atoms with van der Waals surface area (Å²) in [5, 5.41) is 18.8. The monoisotopic (exact) mass is 1060 g/mol. The van der Waals surface area contributed by atoms with E-state index in [2.05, 4.69) is 72.1 Å². The van der Waals surface area contributed by atoms with Crippen LogP contribution in [0.3, 0.4) is 0 Å². The molecule has 10 aromatic rings. The molecular formula is C49H50N12O4S6. The number of fused-ring (bicyclic) bond motifs is 4. The molecule has 22 heteroatoms. The predicted octanol–water partition coefficient (Wildman–Crippen LogP) is 10.0. The number of anilines is 2. The molecule has 0 saturated heterocycles. The van der Waals surface area contributed by atoms with Gasteiger partial charge in [-0.2, -0.15) is 9.73 Å². The third-order valence-electron chi connectivity index (χ3n) is 11.3. The van der Waals surface area contributed by atoms with Crippen molar-refractivity contribution < 1.29 is 16.8 Å². The molecule has 6 aromatic heterocycles. The molecule has 0 bridgehead atoms. The van der Waals surface area contributed by atoms with E-state index in [9.17, 15) is 16.8 Å². The first-order chi connectivity index (χ1) is 33.8. The molecule has 0 aliphatic heterocycles. The summed E-state index contributed by atoms with van der Waals surface area (Å²) in [5.41, 5.74) is 7.19. The van der Waals surface area contributed by atoms with Crippen LogP contribution in [0, 0.1) is 0 Å². The van der Waals surface area contributed by atoms with Crippen LogP contribution in [0.4, 0.5) is 11.4 Å². The lowest BCUT2D eigenvalue weighted by molar-refractivity contribution is 0.553. The van der Waals surface area contributed by atoms with Crippen LogP contribution in [0.1, 0.15) is 71.3 Å². The number of thiazole rings is 2. The Kier molecular flexibility index (Phi) is 13.2. The van der Waals surface area contributed by atoms with Gasteiger partial charge in [-0.25, -0.2) is 36.8 Å². The van der Waals surface area contributed by atoms with E-state index in [0.717, 1.165) is 51.3 Å². The smallest absolute Gasteiger partial charge is 0.232 e. The van der Waals surface area contributed by atoms with Gasteiger partial charge in [0, 0.05) is 55.6 Å². The van der Waals surface area contributed by atoms with Crippen molar-refractivity contribution in [2.45, 2.75) is 73.9 Å². The summed E-state index contributed by atoms with van der Waals surface area (Å²) in [5.74, 6) is 2.15. The second kappa shape index (κ2) is 19.3. The quantitative estimate of drug-likeness (QED) is 0.0574. The van der Waals surface area contributed by atoms with Gasteiger partial charge in [0.05, 0.1) is 43.3 Å². The molecule has 10 rings (SSSR count). The zero-order chi connectivity index (χ0) is 49.7. The van der Waals surface area contributed by atoms with Crippen LogP contribution in [0.15, 0.2) is 106 Å². The van der Waals surface area contributed by atoms with E-state index >= 15 is 0 Å². The Balaban J connectivity index is 0.843. The van der Waals surface area contributed by atoms with Gasteiger partial charge in [-0.05, 0) is 91.7 Å². The zero-order valence-electron chi connectivity index (χ0n) is 39.7. The lowest BCUT2D eigenvalue weighted by atomic mass is 9.88. The van der Waals surface area contributed by atoms with Crippen molar-refractivity contribution >= 4 is 115 Å². The summed E-state index contributed by atoms with van der Waals surface area (Å²) in [4.78, 5) is 19.3. The molecule has 4 aromatic carbocycles. The summed E-state index contributed by atoms with van der Waals surface area (Å²) < 4.78 is 64.9. The summed E-state index contributed by atoms with van der Waals surface area (Å²) in [6, 6.07) is 30.0. The fraction of sp³-hybridized carbons (Fsp3) is 0.286. The molecule has 0 aliphatic carbocycles.